The first-order valence-corrected chi connectivity index (χ1v) is 11.4. The number of hydrazine groups is 1. The highest BCUT2D eigenvalue weighted by Crippen LogP contribution is 2.26. The van der Waals surface area contributed by atoms with Crippen LogP contribution in [0.25, 0.3) is 0 Å². The Bertz CT molecular complexity index is 1280. The van der Waals surface area contributed by atoms with Crippen LogP contribution in [0.3, 0.4) is 0 Å². The van der Waals surface area contributed by atoms with Gasteiger partial charge in [-0.1, -0.05) is 35.9 Å². The van der Waals surface area contributed by atoms with E-state index in [9.17, 15) is 22.4 Å². The first kappa shape index (κ1) is 24.0. The van der Waals surface area contributed by atoms with E-state index >= 15 is 0 Å². The maximum atomic E-state index is 13.8. The van der Waals surface area contributed by atoms with E-state index in [1.54, 1.807) is 18.2 Å². The number of anilines is 1. The Labute approximate surface area is 194 Å². The Morgan fingerprint density at radius 1 is 1.00 bits per heavy atom. The molecule has 0 saturated carbocycles. The molecule has 0 fully saturated rings. The minimum atomic E-state index is -4.04. The standard InChI is InChI=1S/C22H19ClFN3O5S/c1-32-20-11-3-2-10-19(20)27-33(30,31)15-7-4-6-14(12-15)22(29)26-25-21(28)13-16-17(23)8-5-9-18(16)24/h2-12,27H,13H2,1H3,(H,25,28)(H,26,29). The number of methoxy groups -OCH3 is 1. The molecule has 3 N–H and O–H groups in total. The van der Waals surface area contributed by atoms with Crippen molar-refractivity contribution in [3.05, 3.63) is 88.7 Å². The van der Waals surface area contributed by atoms with Crippen LogP contribution in [0, 0.1) is 5.82 Å². The molecule has 0 bridgehead atoms. The molecule has 3 aromatic rings. The third kappa shape index (κ3) is 5.99. The van der Waals surface area contributed by atoms with Crippen molar-refractivity contribution in [3.8, 4) is 5.75 Å². The summed E-state index contributed by atoms with van der Waals surface area (Å²) >= 11 is 5.89. The molecule has 0 aromatic heterocycles. The van der Waals surface area contributed by atoms with E-state index in [-0.39, 0.29) is 26.7 Å². The van der Waals surface area contributed by atoms with Gasteiger partial charge in [0.15, 0.2) is 0 Å². The maximum absolute atomic E-state index is 13.8. The van der Waals surface area contributed by atoms with Crippen molar-refractivity contribution in [2.75, 3.05) is 11.8 Å². The first-order chi connectivity index (χ1) is 15.7. The van der Waals surface area contributed by atoms with Crippen molar-refractivity contribution in [3.63, 3.8) is 0 Å². The molecular weight excluding hydrogens is 473 g/mol. The van der Waals surface area contributed by atoms with E-state index in [0.717, 1.165) is 12.1 Å². The lowest BCUT2D eigenvalue weighted by atomic mass is 10.1. The van der Waals surface area contributed by atoms with Crippen LogP contribution in [0.4, 0.5) is 10.1 Å². The van der Waals surface area contributed by atoms with Crippen molar-refractivity contribution < 1.29 is 27.1 Å². The summed E-state index contributed by atoms with van der Waals surface area (Å²) < 4.78 is 46.9. The number of nitrogens with one attached hydrogen (secondary N) is 3. The topological polar surface area (TPSA) is 114 Å². The number of rotatable bonds is 7. The number of hydrogen-bond acceptors (Lipinski definition) is 5. The minimum Gasteiger partial charge on any atom is -0.495 e. The average Bonchev–Trinajstić information content (AvgIpc) is 2.80. The number of halogens is 2. The van der Waals surface area contributed by atoms with Crippen LogP contribution < -0.4 is 20.3 Å². The number of benzene rings is 3. The van der Waals surface area contributed by atoms with Crippen molar-refractivity contribution in [1.29, 1.82) is 0 Å². The van der Waals surface area contributed by atoms with E-state index in [1.807, 2.05) is 0 Å². The van der Waals surface area contributed by atoms with E-state index in [0.29, 0.717) is 5.75 Å². The van der Waals surface area contributed by atoms with Gasteiger partial charge in [0.1, 0.15) is 11.6 Å². The maximum Gasteiger partial charge on any atom is 0.269 e. The highest BCUT2D eigenvalue weighted by Gasteiger charge is 2.19. The lowest BCUT2D eigenvalue weighted by molar-refractivity contribution is -0.121. The Hall–Kier alpha value is -3.63. The van der Waals surface area contributed by atoms with Crippen LogP contribution in [0.5, 0.6) is 5.75 Å². The second kappa shape index (κ2) is 10.3. The summed E-state index contributed by atoms with van der Waals surface area (Å²) in [6.45, 7) is 0. The van der Waals surface area contributed by atoms with Gasteiger partial charge < -0.3 is 4.74 Å². The summed E-state index contributed by atoms with van der Waals surface area (Å²) in [6.07, 6.45) is -0.400. The van der Waals surface area contributed by atoms with Crippen LogP contribution in [0.1, 0.15) is 15.9 Å². The highest BCUT2D eigenvalue weighted by molar-refractivity contribution is 7.92. The SMILES string of the molecule is COc1ccccc1NS(=O)(=O)c1cccc(C(=O)NNC(=O)Cc2c(F)cccc2Cl)c1. The predicted molar refractivity (Wildman–Crippen MR) is 121 cm³/mol. The summed E-state index contributed by atoms with van der Waals surface area (Å²) in [6, 6.07) is 15.7. The van der Waals surface area contributed by atoms with Crippen LogP contribution in [0.15, 0.2) is 71.6 Å². The monoisotopic (exact) mass is 491 g/mol. The Morgan fingerprint density at radius 2 is 1.73 bits per heavy atom. The molecular formula is C22H19ClFN3O5S. The summed E-state index contributed by atoms with van der Waals surface area (Å²) in [4.78, 5) is 24.3. The van der Waals surface area contributed by atoms with Crippen molar-refractivity contribution in [2.24, 2.45) is 0 Å². The molecule has 0 aliphatic carbocycles. The first-order valence-electron chi connectivity index (χ1n) is 9.49. The summed E-state index contributed by atoms with van der Waals surface area (Å²) in [5, 5.41) is 0.0805. The van der Waals surface area contributed by atoms with E-state index in [2.05, 4.69) is 15.6 Å². The zero-order chi connectivity index (χ0) is 24.0. The number of sulfonamides is 1. The molecule has 8 nitrogen and oxygen atoms in total. The number of ether oxygens (including phenoxy) is 1. The van der Waals surface area contributed by atoms with Gasteiger partial charge in [-0.05, 0) is 42.5 Å². The molecule has 0 unspecified atom stereocenters. The van der Waals surface area contributed by atoms with E-state index in [4.69, 9.17) is 16.3 Å². The molecule has 3 rings (SSSR count). The quantitative estimate of drug-likeness (QED) is 0.439. The van der Waals surface area contributed by atoms with Gasteiger partial charge in [-0.2, -0.15) is 0 Å². The summed E-state index contributed by atoms with van der Waals surface area (Å²) in [5.41, 5.74) is 4.51. The molecule has 0 heterocycles. The largest absolute Gasteiger partial charge is 0.495 e. The fourth-order valence-electron chi connectivity index (χ4n) is 2.84. The summed E-state index contributed by atoms with van der Waals surface area (Å²) in [7, 11) is -2.63. The molecule has 0 aliphatic rings. The van der Waals surface area contributed by atoms with Crippen molar-refractivity contribution in [1.82, 2.24) is 10.9 Å². The van der Waals surface area contributed by atoms with Gasteiger partial charge in [0.2, 0.25) is 5.91 Å². The van der Waals surface area contributed by atoms with Crippen LogP contribution in [0.2, 0.25) is 5.02 Å². The van der Waals surface area contributed by atoms with E-state index < -0.39 is 34.1 Å². The molecule has 0 saturated heterocycles. The molecule has 33 heavy (non-hydrogen) atoms. The summed E-state index contributed by atoms with van der Waals surface area (Å²) in [5.74, 6) is -1.80. The van der Waals surface area contributed by atoms with Gasteiger partial charge in [0.25, 0.3) is 15.9 Å². The van der Waals surface area contributed by atoms with Gasteiger partial charge >= 0.3 is 0 Å². The van der Waals surface area contributed by atoms with Gasteiger partial charge in [-0.25, -0.2) is 12.8 Å². The third-order valence-corrected chi connectivity index (χ3v) is 6.19. The molecule has 2 amide bonds. The second-order valence-electron chi connectivity index (χ2n) is 6.71. The molecule has 172 valence electrons. The molecule has 0 spiro atoms. The Morgan fingerprint density at radius 3 is 2.45 bits per heavy atom. The molecule has 0 aliphatic heterocycles. The van der Waals surface area contributed by atoms with E-state index in [1.165, 1.54) is 43.5 Å². The van der Waals surface area contributed by atoms with Gasteiger partial charge in [-0.15, -0.1) is 0 Å². The fraction of sp³-hybridized carbons (Fsp3) is 0.0909. The lowest BCUT2D eigenvalue weighted by Crippen LogP contribution is -2.42. The predicted octanol–water partition coefficient (Wildman–Crippen LogP) is 3.29. The number of hydrogen-bond donors (Lipinski definition) is 3. The van der Waals surface area contributed by atoms with Crippen molar-refractivity contribution >= 4 is 39.1 Å². The second-order valence-corrected chi connectivity index (χ2v) is 8.80. The molecule has 3 aromatic carbocycles. The molecule has 0 atom stereocenters. The average molecular weight is 492 g/mol. The molecule has 11 heteroatoms. The molecule has 0 radical (unpaired) electrons. The smallest absolute Gasteiger partial charge is 0.269 e. The minimum absolute atomic E-state index is 0.0126. The number of carbonyl (C=O) groups is 2. The number of carbonyl (C=O) groups excluding carboxylic acids is 2. The zero-order valence-electron chi connectivity index (χ0n) is 17.3. The lowest BCUT2D eigenvalue weighted by Gasteiger charge is -2.12. The normalized spacial score (nSPS) is 10.9. The van der Waals surface area contributed by atoms with Crippen molar-refractivity contribution in [2.45, 2.75) is 11.3 Å². The van der Waals surface area contributed by atoms with Crippen LogP contribution in [-0.4, -0.2) is 27.3 Å². The fourth-order valence-corrected chi connectivity index (χ4v) is 4.19. The van der Waals surface area contributed by atoms with Crippen LogP contribution in [-0.2, 0) is 21.2 Å². The Balaban J connectivity index is 1.68. The van der Waals surface area contributed by atoms with Gasteiger partial charge in [-0.3, -0.25) is 25.2 Å². The zero-order valence-corrected chi connectivity index (χ0v) is 18.8. The highest BCUT2D eigenvalue weighted by atomic mass is 35.5. The Kier molecular flexibility index (Phi) is 7.52. The van der Waals surface area contributed by atoms with Gasteiger partial charge in [0, 0.05) is 16.1 Å². The third-order valence-electron chi connectivity index (χ3n) is 4.47. The van der Waals surface area contributed by atoms with Crippen LogP contribution >= 0.6 is 11.6 Å². The number of amides is 2. The number of para-hydroxylation sites is 2. The van der Waals surface area contributed by atoms with Gasteiger partial charge in [0.05, 0.1) is 24.1 Å².